The Hall–Kier alpha value is -3.25. The van der Waals surface area contributed by atoms with Gasteiger partial charge in [0.2, 0.25) is 0 Å². The summed E-state index contributed by atoms with van der Waals surface area (Å²) in [5.41, 5.74) is 0.768. The monoisotopic (exact) mass is 366 g/mol. The molecule has 8 nitrogen and oxygen atoms in total. The van der Waals surface area contributed by atoms with E-state index in [9.17, 15) is 9.59 Å². The molecule has 1 saturated heterocycles. The first-order valence-corrected chi connectivity index (χ1v) is 9.02. The van der Waals surface area contributed by atoms with Crippen LogP contribution in [0.5, 0.6) is 5.75 Å². The van der Waals surface area contributed by atoms with Crippen molar-refractivity contribution >= 4 is 35.9 Å². The van der Waals surface area contributed by atoms with Crippen LogP contribution in [-0.4, -0.2) is 66.2 Å². The summed E-state index contributed by atoms with van der Waals surface area (Å²) in [6, 6.07) is 1.74. The highest BCUT2D eigenvalue weighted by atomic mass is 16.5. The quantitative estimate of drug-likeness (QED) is 0.565. The Morgan fingerprint density at radius 3 is 2.78 bits per heavy atom. The number of carbonyl (C=O) groups is 2. The van der Waals surface area contributed by atoms with Gasteiger partial charge in [-0.15, -0.1) is 0 Å². The van der Waals surface area contributed by atoms with Gasteiger partial charge in [-0.05, 0) is 26.0 Å². The Morgan fingerprint density at radius 1 is 1.19 bits per heavy atom. The largest absolute Gasteiger partial charge is 0.483 e. The Balaban J connectivity index is 1.62. The number of hydrogen-bond acceptors (Lipinski definition) is 5. The minimum atomic E-state index is -0.467. The van der Waals surface area contributed by atoms with Gasteiger partial charge in [0.1, 0.15) is 13.2 Å². The van der Waals surface area contributed by atoms with E-state index in [-0.39, 0.29) is 11.6 Å². The van der Waals surface area contributed by atoms with Gasteiger partial charge in [0.15, 0.2) is 5.75 Å². The zero-order chi connectivity index (χ0) is 18.8. The first-order valence-electron chi connectivity index (χ1n) is 9.02. The summed E-state index contributed by atoms with van der Waals surface area (Å²) in [6.45, 7) is 5.79. The average Bonchev–Trinajstić information content (AvgIpc) is 3.22. The lowest BCUT2D eigenvalue weighted by atomic mass is 10.1. The fraction of sp³-hybridized carbons (Fsp3) is 0.368. The van der Waals surface area contributed by atoms with Crippen LogP contribution in [-0.2, 0) is 4.79 Å². The summed E-state index contributed by atoms with van der Waals surface area (Å²) in [5.74, 6) is 1.24. The van der Waals surface area contributed by atoms with Crippen molar-refractivity contribution in [1.82, 2.24) is 14.6 Å². The highest BCUT2D eigenvalue weighted by Crippen LogP contribution is 2.31. The number of likely N-dealkylation sites (tertiary alicyclic amines) is 1. The minimum absolute atomic E-state index is 0.0119. The van der Waals surface area contributed by atoms with Crippen LogP contribution in [0.4, 0.5) is 5.82 Å². The normalized spacial score (nSPS) is 18.4. The highest BCUT2D eigenvalue weighted by molar-refractivity contribution is 6.46. The topological polar surface area (TPSA) is 89.2 Å². The van der Waals surface area contributed by atoms with E-state index in [0.29, 0.717) is 36.1 Å². The van der Waals surface area contributed by atoms with Gasteiger partial charge in [-0.1, -0.05) is 0 Å². The molecular weight excluding hydrogens is 346 g/mol. The number of anilines is 1. The number of amides is 2. The molecule has 0 spiro atoms. The van der Waals surface area contributed by atoms with E-state index < -0.39 is 5.91 Å². The second-order valence-electron chi connectivity index (χ2n) is 6.55. The van der Waals surface area contributed by atoms with Crippen LogP contribution in [0, 0.1) is 0 Å². The molecule has 1 aromatic heterocycles. The molecule has 4 rings (SSSR count). The summed E-state index contributed by atoms with van der Waals surface area (Å²) in [5, 5.41) is 0. The van der Waals surface area contributed by atoms with E-state index in [1.165, 1.54) is 6.42 Å². The second-order valence-corrected chi connectivity index (χ2v) is 6.55. The summed E-state index contributed by atoms with van der Waals surface area (Å²) >= 11 is 0. The van der Waals surface area contributed by atoms with E-state index in [4.69, 9.17) is 4.74 Å². The van der Waals surface area contributed by atoms with Gasteiger partial charge in [-0.3, -0.25) is 9.59 Å². The Morgan fingerprint density at radius 2 is 2.00 bits per heavy atom. The van der Waals surface area contributed by atoms with Crippen molar-refractivity contribution in [3.8, 4) is 5.75 Å². The third-order valence-electron chi connectivity index (χ3n) is 4.82. The summed E-state index contributed by atoms with van der Waals surface area (Å²) in [7, 11) is 0. The molecule has 3 aliphatic rings. The molecule has 0 atom stereocenters. The molecule has 0 aliphatic carbocycles. The predicted molar refractivity (Wildman–Crippen MR) is 103 cm³/mol. The van der Waals surface area contributed by atoms with Crippen molar-refractivity contribution in [3.05, 3.63) is 30.0 Å². The first kappa shape index (κ1) is 17.2. The SMILES string of the molecule is C=NC(=O)C1=[N+]=C(N2CCOc3cc(C(=O)N4CCCCC4)cnc32)C=C1. The van der Waals surface area contributed by atoms with E-state index in [1.807, 2.05) is 9.80 Å². The van der Waals surface area contributed by atoms with E-state index in [1.54, 1.807) is 24.4 Å². The lowest BCUT2D eigenvalue weighted by Crippen LogP contribution is -2.39. The number of piperidine rings is 1. The molecule has 1 aromatic rings. The highest BCUT2D eigenvalue weighted by Gasteiger charge is 2.34. The average molecular weight is 366 g/mol. The molecule has 0 unspecified atom stereocenters. The maximum absolute atomic E-state index is 12.7. The van der Waals surface area contributed by atoms with Crippen molar-refractivity contribution in [2.75, 3.05) is 31.1 Å². The molecule has 0 radical (unpaired) electrons. The lowest BCUT2D eigenvalue weighted by Gasteiger charge is -2.27. The Labute approximate surface area is 156 Å². The molecule has 138 valence electrons. The molecule has 0 bridgehead atoms. The van der Waals surface area contributed by atoms with Gasteiger partial charge >= 0.3 is 11.7 Å². The molecule has 2 amide bonds. The number of nitrogens with zero attached hydrogens (tertiary/aromatic N) is 5. The lowest BCUT2D eigenvalue weighted by molar-refractivity contribution is -0.111. The van der Waals surface area contributed by atoms with Crippen LogP contribution in [0.1, 0.15) is 29.6 Å². The van der Waals surface area contributed by atoms with E-state index in [0.717, 1.165) is 25.9 Å². The van der Waals surface area contributed by atoms with Crippen LogP contribution in [0.3, 0.4) is 0 Å². The van der Waals surface area contributed by atoms with Gasteiger partial charge in [0.05, 0.1) is 11.6 Å². The minimum Gasteiger partial charge on any atom is -0.483 e. The second kappa shape index (κ2) is 7.17. The molecule has 1 fully saturated rings. The molecule has 0 saturated carbocycles. The van der Waals surface area contributed by atoms with Crippen LogP contribution >= 0.6 is 0 Å². The number of amidine groups is 1. The van der Waals surface area contributed by atoms with Crippen LogP contribution < -0.4 is 14.3 Å². The number of pyridine rings is 1. The zero-order valence-electron chi connectivity index (χ0n) is 14.9. The third-order valence-corrected chi connectivity index (χ3v) is 4.82. The van der Waals surface area contributed by atoms with Gasteiger partial charge < -0.3 is 9.64 Å². The van der Waals surface area contributed by atoms with Gasteiger partial charge in [-0.25, -0.2) is 9.98 Å². The molecular formula is C19H20N5O3+. The van der Waals surface area contributed by atoms with Gasteiger partial charge in [-0.2, -0.15) is 9.57 Å². The molecule has 4 heterocycles. The van der Waals surface area contributed by atoms with Gasteiger partial charge in [0, 0.05) is 31.4 Å². The van der Waals surface area contributed by atoms with Crippen LogP contribution in [0.2, 0.25) is 0 Å². The molecule has 8 heteroatoms. The van der Waals surface area contributed by atoms with E-state index in [2.05, 4.69) is 21.4 Å². The van der Waals surface area contributed by atoms with Crippen molar-refractivity contribution in [1.29, 1.82) is 0 Å². The standard InChI is InChI=1S/C19H20N5O3/c1-20-18(25)14-5-6-16(22-14)24-9-10-27-15-11-13(12-21-17(15)24)19(26)23-7-3-2-4-8-23/h5-6,11-12H,1-4,7-10H2/q+1. The Bertz CT molecular complexity index is 908. The maximum atomic E-state index is 12.7. The number of aliphatic imine (C=N–C) groups is 1. The molecule has 3 aliphatic heterocycles. The molecule has 0 aromatic carbocycles. The van der Waals surface area contributed by atoms with Crippen LogP contribution in [0.25, 0.3) is 0 Å². The molecule has 27 heavy (non-hydrogen) atoms. The number of rotatable bonds is 2. The Kier molecular flexibility index (Phi) is 4.56. The third kappa shape index (κ3) is 3.27. The summed E-state index contributed by atoms with van der Waals surface area (Å²) in [6.07, 6.45) is 8.17. The predicted octanol–water partition coefficient (Wildman–Crippen LogP) is 0.610. The van der Waals surface area contributed by atoms with Crippen molar-refractivity contribution in [2.24, 2.45) is 4.99 Å². The van der Waals surface area contributed by atoms with Crippen molar-refractivity contribution < 1.29 is 14.3 Å². The van der Waals surface area contributed by atoms with E-state index >= 15 is 0 Å². The number of aromatic nitrogens is 1. The number of carbonyl (C=O) groups excluding carboxylic acids is 2. The fourth-order valence-electron chi connectivity index (χ4n) is 3.42. The maximum Gasteiger partial charge on any atom is 0.377 e. The number of fused-ring (bicyclic) bond motifs is 1. The fourth-order valence-corrected chi connectivity index (χ4v) is 3.42. The first-order chi connectivity index (χ1) is 13.2. The number of ether oxygens (including phenoxy) is 1. The zero-order valence-corrected chi connectivity index (χ0v) is 14.9. The van der Waals surface area contributed by atoms with Gasteiger partial charge in [0.25, 0.3) is 17.4 Å². The molecule has 0 N–H and O–H groups in total. The summed E-state index contributed by atoms with van der Waals surface area (Å²) in [4.78, 5) is 35.9. The smallest absolute Gasteiger partial charge is 0.377 e. The summed E-state index contributed by atoms with van der Waals surface area (Å²) < 4.78 is 10.0. The van der Waals surface area contributed by atoms with Crippen LogP contribution in [0.15, 0.2) is 29.4 Å². The van der Waals surface area contributed by atoms with Crippen molar-refractivity contribution in [3.63, 3.8) is 0 Å². The van der Waals surface area contributed by atoms with Crippen molar-refractivity contribution in [2.45, 2.75) is 19.3 Å². The number of hydrogen-bond donors (Lipinski definition) is 0.